The Morgan fingerprint density at radius 2 is 2.06 bits per heavy atom. The summed E-state index contributed by atoms with van der Waals surface area (Å²) in [5.41, 5.74) is 6.80. The molecule has 2 aromatic rings. The molecule has 0 fully saturated rings. The molecule has 1 unspecified atom stereocenters. The van der Waals surface area contributed by atoms with E-state index in [1.807, 2.05) is 30.5 Å². The number of H-pyrrole nitrogens is 1. The highest BCUT2D eigenvalue weighted by atomic mass is 35.5. The molecule has 3 N–H and O–H groups in total. The van der Waals surface area contributed by atoms with Crippen molar-refractivity contribution in [2.75, 3.05) is 6.54 Å². The lowest BCUT2D eigenvalue weighted by atomic mass is 9.93. The van der Waals surface area contributed by atoms with Gasteiger partial charge in [0.15, 0.2) is 0 Å². The Morgan fingerprint density at radius 1 is 1.29 bits per heavy atom. The predicted octanol–water partition coefficient (Wildman–Crippen LogP) is 2.93. The fraction of sp³-hybridized carbons (Fsp3) is 0.308. The summed E-state index contributed by atoms with van der Waals surface area (Å²) in [6.07, 6.45) is 5.60. The molecule has 0 aliphatic heterocycles. The fourth-order valence-corrected chi connectivity index (χ4v) is 2.07. The number of hydrogen-bond donors (Lipinski definition) is 2. The van der Waals surface area contributed by atoms with Crippen LogP contribution < -0.4 is 5.73 Å². The summed E-state index contributed by atoms with van der Waals surface area (Å²) in [4.78, 5) is 7.51. The first-order valence-corrected chi connectivity index (χ1v) is 6.14. The Labute approximate surface area is 106 Å². The van der Waals surface area contributed by atoms with Crippen molar-refractivity contribution < 1.29 is 0 Å². The Kier molecular flexibility index (Phi) is 4.18. The normalized spacial score (nSPS) is 12.6. The molecule has 0 spiro atoms. The van der Waals surface area contributed by atoms with Crippen LogP contribution in [0.4, 0.5) is 0 Å². The van der Waals surface area contributed by atoms with E-state index in [4.69, 9.17) is 17.3 Å². The van der Waals surface area contributed by atoms with Crippen LogP contribution >= 0.6 is 11.6 Å². The van der Waals surface area contributed by atoms with Crippen molar-refractivity contribution in [1.29, 1.82) is 0 Å². The van der Waals surface area contributed by atoms with Crippen LogP contribution in [0.5, 0.6) is 0 Å². The van der Waals surface area contributed by atoms with E-state index in [-0.39, 0.29) is 5.92 Å². The van der Waals surface area contributed by atoms with Gasteiger partial charge in [-0.25, -0.2) is 4.98 Å². The Bertz CT molecular complexity index is 436. The second kappa shape index (κ2) is 5.84. The highest BCUT2D eigenvalue weighted by Gasteiger charge is 2.15. The Hall–Kier alpha value is -1.32. The predicted molar refractivity (Wildman–Crippen MR) is 70.2 cm³/mol. The largest absolute Gasteiger partial charge is 0.348 e. The highest BCUT2D eigenvalue weighted by Crippen LogP contribution is 2.27. The van der Waals surface area contributed by atoms with Crippen LogP contribution in [0, 0.1) is 0 Å². The lowest BCUT2D eigenvalue weighted by Gasteiger charge is -2.14. The van der Waals surface area contributed by atoms with Gasteiger partial charge < -0.3 is 10.7 Å². The second-order valence-corrected chi connectivity index (χ2v) is 4.45. The van der Waals surface area contributed by atoms with Crippen LogP contribution in [0.2, 0.25) is 5.02 Å². The minimum absolute atomic E-state index is 0.269. The molecule has 4 heteroatoms. The van der Waals surface area contributed by atoms with E-state index in [9.17, 15) is 0 Å². The zero-order valence-corrected chi connectivity index (χ0v) is 10.3. The highest BCUT2D eigenvalue weighted by molar-refractivity contribution is 6.30. The molecule has 0 saturated heterocycles. The van der Waals surface area contributed by atoms with Crippen molar-refractivity contribution in [2.45, 2.75) is 18.8 Å². The molecule has 0 saturated carbocycles. The van der Waals surface area contributed by atoms with E-state index in [0.717, 1.165) is 23.7 Å². The van der Waals surface area contributed by atoms with E-state index < -0.39 is 0 Å². The van der Waals surface area contributed by atoms with Gasteiger partial charge in [-0.15, -0.1) is 0 Å². The number of nitrogens with two attached hydrogens (primary N) is 1. The van der Waals surface area contributed by atoms with Crippen molar-refractivity contribution in [3.05, 3.63) is 53.1 Å². The third-order valence-corrected chi connectivity index (χ3v) is 3.07. The van der Waals surface area contributed by atoms with Crippen LogP contribution in [0.1, 0.15) is 30.1 Å². The minimum atomic E-state index is 0.269. The Balaban J connectivity index is 2.23. The van der Waals surface area contributed by atoms with E-state index >= 15 is 0 Å². The number of aromatic amines is 1. The molecule has 1 aromatic carbocycles. The molecular formula is C13H16ClN3. The molecule has 17 heavy (non-hydrogen) atoms. The van der Waals surface area contributed by atoms with Crippen molar-refractivity contribution in [2.24, 2.45) is 5.73 Å². The van der Waals surface area contributed by atoms with Crippen molar-refractivity contribution >= 4 is 11.6 Å². The molecule has 1 heterocycles. The molecule has 0 amide bonds. The molecule has 0 aliphatic carbocycles. The third kappa shape index (κ3) is 3.08. The van der Waals surface area contributed by atoms with Gasteiger partial charge in [0.25, 0.3) is 0 Å². The smallest absolute Gasteiger partial charge is 0.113 e. The Morgan fingerprint density at radius 3 is 2.65 bits per heavy atom. The van der Waals surface area contributed by atoms with Crippen LogP contribution in [0.25, 0.3) is 0 Å². The van der Waals surface area contributed by atoms with Gasteiger partial charge in [-0.1, -0.05) is 23.7 Å². The summed E-state index contributed by atoms with van der Waals surface area (Å²) in [7, 11) is 0. The van der Waals surface area contributed by atoms with Crippen LogP contribution in [0.3, 0.4) is 0 Å². The van der Waals surface area contributed by atoms with E-state index in [2.05, 4.69) is 9.97 Å². The molecule has 0 bridgehead atoms. The van der Waals surface area contributed by atoms with Crippen molar-refractivity contribution in [1.82, 2.24) is 9.97 Å². The van der Waals surface area contributed by atoms with Crippen molar-refractivity contribution in [3.8, 4) is 0 Å². The SMILES string of the molecule is NCCCC(c1ccc(Cl)cc1)c1ncc[nH]1. The number of aromatic nitrogens is 2. The zero-order chi connectivity index (χ0) is 12.1. The monoisotopic (exact) mass is 249 g/mol. The number of imidazole rings is 1. The molecule has 0 aliphatic rings. The molecule has 1 atom stereocenters. The molecule has 3 nitrogen and oxygen atoms in total. The number of rotatable bonds is 5. The first kappa shape index (κ1) is 12.1. The maximum atomic E-state index is 5.90. The van der Waals surface area contributed by atoms with Gasteiger partial charge in [-0.05, 0) is 37.1 Å². The topological polar surface area (TPSA) is 54.7 Å². The molecule has 90 valence electrons. The van der Waals surface area contributed by atoms with Gasteiger partial charge in [-0.2, -0.15) is 0 Å². The number of hydrogen-bond acceptors (Lipinski definition) is 2. The first-order valence-electron chi connectivity index (χ1n) is 5.76. The van der Waals surface area contributed by atoms with Gasteiger partial charge >= 0.3 is 0 Å². The second-order valence-electron chi connectivity index (χ2n) is 4.01. The van der Waals surface area contributed by atoms with Gasteiger partial charge in [-0.3, -0.25) is 0 Å². The molecular weight excluding hydrogens is 234 g/mol. The van der Waals surface area contributed by atoms with Crippen molar-refractivity contribution in [3.63, 3.8) is 0 Å². The average molecular weight is 250 g/mol. The quantitative estimate of drug-likeness (QED) is 0.856. The van der Waals surface area contributed by atoms with Crippen LogP contribution in [0.15, 0.2) is 36.7 Å². The number of benzene rings is 1. The summed E-state index contributed by atoms with van der Waals surface area (Å²) >= 11 is 5.90. The van der Waals surface area contributed by atoms with Gasteiger partial charge in [0.1, 0.15) is 5.82 Å². The summed E-state index contributed by atoms with van der Waals surface area (Å²) in [5, 5.41) is 0.755. The zero-order valence-electron chi connectivity index (χ0n) is 9.57. The average Bonchev–Trinajstić information content (AvgIpc) is 2.85. The molecule has 2 rings (SSSR count). The summed E-state index contributed by atoms with van der Waals surface area (Å²) in [6.45, 7) is 0.699. The number of nitrogens with one attached hydrogen (secondary N) is 1. The maximum Gasteiger partial charge on any atom is 0.113 e. The lowest BCUT2D eigenvalue weighted by Crippen LogP contribution is -2.07. The standard InChI is InChI=1S/C13H16ClN3/c14-11-5-3-10(4-6-11)12(2-1-7-15)13-16-8-9-17-13/h3-6,8-9,12H,1-2,7,15H2,(H,16,17). The number of halogens is 1. The van der Waals surface area contributed by atoms with E-state index in [1.165, 1.54) is 5.56 Å². The van der Waals surface area contributed by atoms with Crippen LogP contribution in [-0.2, 0) is 0 Å². The molecule has 1 aromatic heterocycles. The van der Waals surface area contributed by atoms with Gasteiger partial charge in [0, 0.05) is 23.3 Å². The maximum absolute atomic E-state index is 5.90. The van der Waals surface area contributed by atoms with Crippen LogP contribution in [-0.4, -0.2) is 16.5 Å². The minimum Gasteiger partial charge on any atom is -0.348 e. The third-order valence-electron chi connectivity index (χ3n) is 2.82. The summed E-state index contributed by atoms with van der Waals surface area (Å²) < 4.78 is 0. The first-order chi connectivity index (χ1) is 8.31. The summed E-state index contributed by atoms with van der Waals surface area (Å²) in [6, 6.07) is 7.92. The van der Waals surface area contributed by atoms with Gasteiger partial charge in [0.05, 0.1) is 0 Å². The lowest BCUT2D eigenvalue weighted by molar-refractivity contribution is 0.643. The fourth-order valence-electron chi connectivity index (χ4n) is 1.95. The number of nitrogens with zero attached hydrogens (tertiary/aromatic N) is 1. The van der Waals surface area contributed by atoms with E-state index in [0.29, 0.717) is 6.54 Å². The molecule has 0 radical (unpaired) electrons. The summed E-state index contributed by atoms with van der Waals surface area (Å²) in [5.74, 6) is 1.26. The van der Waals surface area contributed by atoms with E-state index in [1.54, 1.807) is 6.20 Å². The van der Waals surface area contributed by atoms with Gasteiger partial charge in [0.2, 0.25) is 0 Å².